The molecule has 3 unspecified atom stereocenters. The van der Waals surface area contributed by atoms with E-state index >= 15 is 13.2 Å². The SMILES string of the molecule is C#Cc1c(F)ccc2cc(O)cc(-c3ncc4c(N5CC6CCC(C5)N6)nc(OCC5(CN6CCN(CC7CCN(c8ccc(NC9CCC(=O)NC9=O)cc8F)CC7)CC6)CC5)nc4c3F)c12.CC.CC. The van der Waals surface area contributed by atoms with Crippen LogP contribution in [0, 0.1) is 41.1 Å². The lowest BCUT2D eigenvalue weighted by Crippen LogP contribution is -2.51. The van der Waals surface area contributed by atoms with E-state index in [0.29, 0.717) is 72.1 Å². The number of imide groups is 1. The number of nitrogens with one attached hydrogen (secondary N) is 3. The van der Waals surface area contributed by atoms with E-state index in [1.54, 1.807) is 18.3 Å². The molecule has 3 atom stereocenters. The van der Waals surface area contributed by atoms with Crippen LogP contribution in [0.4, 0.5) is 30.4 Å². The van der Waals surface area contributed by atoms with Gasteiger partial charge in [0.2, 0.25) is 11.8 Å². The first-order chi connectivity index (χ1) is 35.0. The van der Waals surface area contributed by atoms with Gasteiger partial charge in [-0.05, 0) is 92.6 Å². The molecule has 14 nitrogen and oxygen atoms in total. The van der Waals surface area contributed by atoms with Crippen molar-refractivity contribution >= 4 is 50.7 Å². The predicted octanol–water partition coefficient (Wildman–Crippen LogP) is 7.85. The van der Waals surface area contributed by atoms with Gasteiger partial charge >= 0.3 is 6.01 Å². The summed E-state index contributed by atoms with van der Waals surface area (Å²) in [6.07, 6.45) is 14.0. The van der Waals surface area contributed by atoms with Crippen LogP contribution >= 0.6 is 0 Å². The van der Waals surface area contributed by atoms with Gasteiger partial charge in [-0.2, -0.15) is 9.97 Å². The van der Waals surface area contributed by atoms with E-state index < -0.39 is 17.7 Å². The maximum atomic E-state index is 17.1. The number of nitrogens with zero attached hydrogens (tertiary/aromatic N) is 7. The van der Waals surface area contributed by atoms with Crippen LogP contribution in [0.1, 0.15) is 84.6 Å². The van der Waals surface area contributed by atoms with Crippen molar-refractivity contribution in [2.75, 3.05) is 87.2 Å². The molecule has 1 saturated carbocycles. The van der Waals surface area contributed by atoms with Crippen molar-refractivity contribution in [3.8, 4) is 35.4 Å². The summed E-state index contributed by atoms with van der Waals surface area (Å²) in [5.74, 6) is 0.998. The molecule has 3 aromatic carbocycles. The summed E-state index contributed by atoms with van der Waals surface area (Å²) in [6.45, 7) is 17.1. The molecule has 17 heteroatoms. The van der Waals surface area contributed by atoms with Gasteiger partial charge in [0.15, 0.2) is 5.82 Å². The number of ether oxygens (including phenoxy) is 1. The lowest BCUT2D eigenvalue weighted by molar-refractivity contribution is -0.133. The standard InChI is InChI=1S/C51H55F3N10O4.2C2H6/c1-2-36-39(52)7-3-31-21-35(65)23-37(44(31)36)46-45(54)47-38(24-55-46)48(64-26-33-4-5-34(27-64)56-33)60-50(59-47)68-29-51(13-14-51)28-62-19-17-61(18-20-62)25-30-11-15-63(16-12-30)42-9-6-32(22-40(42)53)57-41-8-10-43(66)58-49(41)67;2*1-2/h1,3,6-7,9,21-24,30,33-34,41,56-57,65H,4-5,8,10-20,25-29H2,(H,58,66,67);2*1-2H3. The van der Waals surface area contributed by atoms with Crippen LogP contribution in [-0.2, 0) is 9.59 Å². The number of piperazine rings is 2. The van der Waals surface area contributed by atoms with Gasteiger partial charge in [0.05, 0.1) is 23.2 Å². The highest BCUT2D eigenvalue weighted by molar-refractivity contribution is 6.03. The second-order valence-corrected chi connectivity index (χ2v) is 19.8. The third kappa shape index (κ3) is 10.8. The van der Waals surface area contributed by atoms with Crippen molar-refractivity contribution in [3.63, 3.8) is 0 Å². The van der Waals surface area contributed by atoms with Crippen molar-refractivity contribution in [2.45, 2.75) is 97.2 Å². The minimum absolute atomic E-state index is 0.0325. The van der Waals surface area contributed by atoms with E-state index in [-0.39, 0.29) is 69.0 Å². The number of fused-ring (bicyclic) bond motifs is 4. The molecular weight excluding hydrogens is 922 g/mol. The molecule has 5 saturated heterocycles. The smallest absolute Gasteiger partial charge is 0.319 e. The third-order valence-electron chi connectivity index (χ3n) is 15.1. The molecule has 6 fully saturated rings. The topological polar surface area (TPSA) is 151 Å². The molecule has 11 rings (SSSR count). The van der Waals surface area contributed by atoms with E-state index in [2.05, 4.69) is 46.5 Å². The van der Waals surface area contributed by atoms with E-state index in [4.69, 9.17) is 21.1 Å². The van der Waals surface area contributed by atoms with Gasteiger partial charge in [0.25, 0.3) is 0 Å². The molecular formula is C55H67F3N10O4. The molecule has 6 aliphatic rings. The Balaban J connectivity index is 0.00000156. The third-order valence-corrected chi connectivity index (χ3v) is 15.1. The van der Waals surface area contributed by atoms with Gasteiger partial charge in [-0.25, -0.2) is 13.2 Å². The Kier molecular flexibility index (Phi) is 15.4. The molecule has 382 valence electrons. The monoisotopic (exact) mass is 989 g/mol. The second kappa shape index (κ2) is 21.9. The van der Waals surface area contributed by atoms with Crippen LogP contribution < -0.4 is 30.5 Å². The predicted molar refractivity (Wildman–Crippen MR) is 276 cm³/mol. The lowest BCUT2D eigenvalue weighted by atomic mass is 9.95. The van der Waals surface area contributed by atoms with Gasteiger partial charge in [0.1, 0.15) is 40.5 Å². The van der Waals surface area contributed by atoms with Crippen LogP contribution in [-0.4, -0.2) is 132 Å². The van der Waals surface area contributed by atoms with Gasteiger partial charge in [-0.3, -0.25) is 19.9 Å². The number of benzene rings is 3. The number of piperidine rings is 2. The average Bonchev–Trinajstić information content (AvgIpc) is 4.08. The molecule has 1 aliphatic carbocycles. The van der Waals surface area contributed by atoms with Gasteiger partial charge in [-0.15, -0.1) is 6.42 Å². The lowest BCUT2D eigenvalue weighted by Gasteiger charge is -2.40. The fourth-order valence-electron chi connectivity index (χ4n) is 11.2. The molecule has 2 bridgehead atoms. The number of halogens is 3. The van der Waals surface area contributed by atoms with Crippen molar-refractivity contribution in [1.29, 1.82) is 0 Å². The zero-order valence-electron chi connectivity index (χ0n) is 41.9. The van der Waals surface area contributed by atoms with Crippen LogP contribution in [0.25, 0.3) is 32.9 Å². The first-order valence-electron chi connectivity index (χ1n) is 26.0. The van der Waals surface area contributed by atoms with Crippen LogP contribution in [0.3, 0.4) is 0 Å². The Hall–Kier alpha value is -6.22. The Morgan fingerprint density at radius 3 is 2.26 bits per heavy atom. The molecule has 72 heavy (non-hydrogen) atoms. The Labute approximate surface area is 420 Å². The fourth-order valence-corrected chi connectivity index (χ4v) is 11.2. The molecule has 5 aromatic rings. The molecule has 2 aromatic heterocycles. The summed E-state index contributed by atoms with van der Waals surface area (Å²) >= 11 is 0. The largest absolute Gasteiger partial charge is 0.508 e. The van der Waals surface area contributed by atoms with Crippen LogP contribution in [0.2, 0.25) is 0 Å². The molecule has 5 aliphatic heterocycles. The zero-order valence-corrected chi connectivity index (χ0v) is 41.9. The first kappa shape index (κ1) is 50.7. The maximum absolute atomic E-state index is 17.1. The van der Waals surface area contributed by atoms with Gasteiger partial charge in [0, 0.05) is 112 Å². The summed E-state index contributed by atoms with van der Waals surface area (Å²) in [7, 11) is 0. The van der Waals surface area contributed by atoms with Gasteiger partial charge < -0.3 is 40.1 Å². The molecule has 4 N–H and O–H groups in total. The number of carbonyl (C=O) groups is 2. The Morgan fingerprint density at radius 1 is 0.861 bits per heavy atom. The highest BCUT2D eigenvalue weighted by Crippen LogP contribution is 2.47. The number of hydrogen-bond donors (Lipinski definition) is 4. The number of phenols is 1. The van der Waals surface area contributed by atoms with E-state index in [1.807, 2.05) is 27.7 Å². The summed E-state index contributed by atoms with van der Waals surface area (Å²) in [5.41, 5.74) is 1.07. The minimum Gasteiger partial charge on any atom is -0.508 e. The van der Waals surface area contributed by atoms with Crippen LogP contribution in [0.15, 0.2) is 48.7 Å². The number of hydrogen-bond acceptors (Lipinski definition) is 13. The zero-order chi connectivity index (χ0) is 50.7. The number of pyridine rings is 1. The van der Waals surface area contributed by atoms with Crippen molar-refractivity contribution in [3.05, 3.63) is 71.7 Å². The number of amides is 2. The highest BCUT2D eigenvalue weighted by atomic mass is 19.1. The van der Waals surface area contributed by atoms with E-state index in [1.165, 1.54) is 30.3 Å². The van der Waals surface area contributed by atoms with Crippen molar-refractivity contribution < 1.29 is 32.6 Å². The summed E-state index contributed by atoms with van der Waals surface area (Å²) in [6, 6.07) is 10.7. The number of aromatic nitrogens is 3. The quantitative estimate of drug-likeness (QED) is 0.0711. The van der Waals surface area contributed by atoms with Crippen molar-refractivity contribution in [2.24, 2.45) is 11.3 Å². The van der Waals surface area contributed by atoms with Gasteiger partial charge in [-0.1, -0.05) is 39.7 Å². The molecule has 7 heterocycles. The molecule has 0 radical (unpaired) electrons. The molecule has 0 spiro atoms. The summed E-state index contributed by atoms with van der Waals surface area (Å²) in [5, 5.41) is 20.9. The maximum Gasteiger partial charge on any atom is 0.319 e. The summed E-state index contributed by atoms with van der Waals surface area (Å²) in [4.78, 5) is 47.2. The van der Waals surface area contributed by atoms with Crippen LogP contribution in [0.5, 0.6) is 11.8 Å². The number of terminal acetylenes is 1. The van der Waals surface area contributed by atoms with Crippen molar-refractivity contribution in [1.82, 2.24) is 35.4 Å². The summed E-state index contributed by atoms with van der Waals surface area (Å²) < 4.78 is 53.9. The first-order valence-corrected chi connectivity index (χ1v) is 26.0. The average molecular weight is 989 g/mol. The molecule has 2 amide bonds. The fraction of sp³-hybridized carbons (Fsp3) is 0.509. The number of rotatable bonds is 12. The number of anilines is 3. The number of phenolic OH excluding ortho intramolecular Hbond substituents is 1. The highest BCUT2D eigenvalue weighted by Gasteiger charge is 2.46. The number of aromatic hydroxyl groups is 1. The Bertz CT molecular complexity index is 2830. The Morgan fingerprint density at radius 2 is 1.58 bits per heavy atom. The number of carbonyl (C=O) groups excluding carboxylic acids is 2. The van der Waals surface area contributed by atoms with E-state index in [9.17, 15) is 14.7 Å². The normalized spacial score (nSPS) is 22.1. The van der Waals surface area contributed by atoms with E-state index in [0.717, 1.165) is 90.9 Å². The minimum atomic E-state index is -0.737. The second-order valence-electron chi connectivity index (χ2n) is 19.8.